The Hall–Kier alpha value is -2.61. The second-order valence-corrected chi connectivity index (χ2v) is 9.92. The van der Waals surface area contributed by atoms with E-state index in [9.17, 15) is 22.0 Å². The predicted octanol–water partition coefficient (Wildman–Crippen LogP) is 1.60. The Balaban J connectivity index is 1.52. The van der Waals surface area contributed by atoms with Crippen LogP contribution in [-0.2, 0) is 26.5 Å². The number of halogens is 2. The normalized spacial score (nSPS) is 22.0. The fourth-order valence-electron chi connectivity index (χ4n) is 4.09. The zero-order chi connectivity index (χ0) is 24.0. The minimum Gasteiger partial charge on any atom is -0.346 e. The number of benzene rings is 1. The lowest BCUT2D eigenvalue weighted by Gasteiger charge is -2.46. The average Bonchev–Trinajstić information content (AvgIpc) is 3.02. The van der Waals surface area contributed by atoms with E-state index < -0.39 is 33.5 Å². The lowest BCUT2D eigenvalue weighted by molar-refractivity contribution is -0.278. The van der Waals surface area contributed by atoms with Crippen molar-refractivity contribution in [2.45, 2.75) is 24.5 Å². The van der Waals surface area contributed by atoms with Gasteiger partial charge in [0.25, 0.3) is 0 Å². The van der Waals surface area contributed by atoms with Crippen molar-refractivity contribution in [2.75, 3.05) is 44.7 Å². The Labute approximate surface area is 190 Å². The minimum absolute atomic E-state index is 0.0691. The number of aromatic nitrogens is 2. The minimum atomic E-state index is -3.89. The number of ether oxygens (including phenoxy) is 2. The van der Waals surface area contributed by atoms with E-state index in [1.807, 2.05) is 0 Å². The Morgan fingerprint density at radius 1 is 1.15 bits per heavy atom. The van der Waals surface area contributed by atoms with Crippen molar-refractivity contribution >= 4 is 21.7 Å². The first-order valence-electron chi connectivity index (χ1n) is 10.3. The van der Waals surface area contributed by atoms with Gasteiger partial charge < -0.3 is 19.7 Å². The first kappa shape index (κ1) is 23.5. The van der Waals surface area contributed by atoms with Gasteiger partial charge in [0.2, 0.25) is 10.0 Å². The third-order valence-electron chi connectivity index (χ3n) is 5.78. The summed E-state index contributed by atoms with van der Waals surface area (Å²) in [6.07, 6.45) is 0. The van der Waals surface area contributed by atoms with Crippen LogP contribution in [0.5, 0.6) is 0 Å². The van der Waals surface area contributed by atoms with Crippen LogP contribution in [0.2, 0.25) is 0 Å². The lowest BCUT2D eigenvalue weighted by atomic mass is 10.2. The van der Waals surface area contributed by atoms with E-state index in [0.29, 0.717) is 17.5 Å². The molecule has 1 spiro atoms. The molecule has 1 unspecified atom stereocenters. The number of sulfonamides is 1. The van der Waals surface area contributed by atoms with E-state index in [-0.39, 0.29) is 50.0 Å². The standard InChI is InChI=1S/C20H25F2N5O5S/c1-13-18(14(2)25(3)24-13)33(29,30)27-7-9-32-20(12-27)11-26(6-8-31-20)19(28)23-17-5-4-15(21)10-16(17)22/h4-5,10H,6-9,11-12H2,1-3H3,(H,23,28). The fourth-order valence-corrected chi connectivity index (χ4v) is 5.95. The molecule has 3 heterocycles. The highest BCUT2D eigenvalue weighted by Gasteiger charge is 2.47. The number of carbonyl (C=O) groups is 1. The van der Waals surface area contributed by atoms with Gasteiger partial charge in [0.1, 0.15) is 16.5 Å². The summed E-state index contributed by atoms with van der Waals surface area (Å²) in [5.41, 5.74) is 0.737. The molecule has 2 fully saturated rings. The molecule has 180 valence electrons. The maximum absolute atomic E-state index is 13.9. The molecule has 2 aliphatic heterocycles. The molecule has 2 aromatic rings. The van der Waals surface area contributed by atoms with E-state index in [1.165, 1.54) is 13.9 Å². The zero-order valence-electron chi connectivity index (χ0n) is 18.5. The first-order valence-corrected chi connectivity index (χ1v) is 11.8. The monoisotopic (exact) mass is 485 g/mol. The number of hydrogen-bond donors (Lipinski definition) is 1. The van der Waals surface area contributed by atoms with Crippen LogP contribution in [-0.4, -0.2) is 78.6 Å². The van der Waals surface area contributed by atoms with Crippen LogP contribution < -0.4 is 5.32 Å². The van der Waals surface area contributed by atoms with Crippen LogP contribution in [0, 0.1) is 25.5 Å². The average molecular weight is 486 g/mol. The van der Waals surface area contributed by atoms with Crippen LogP contribution in [0.15, 0.2) is 23.1 Å². The van der Waals surface area contributed by atoms with E-state index in [0.717, 1.165) is 12.1 Å². The van der Waals surface area contributed by atoms with Gasteiger partial charge in [-0.2, -0.15) is 9.40 Å². The molecule has 2 saturated heterocycles. The van der Waals surface area contributed by atoms with Gasteiger partial charge in [-0.1, -0.05) is 0 Å². The van der Waals surface area contributed by atoms with E-state index >= 15 is 0 Å². The van der Waals surface area contributed by atoms with Crippen molar-refractivity contribution in [3.05, 3.63) is 41.2 Å². The Bertz CT molecular complexity index is 1180. The summed E-state index contributed by atoms with van der Waals surface area (Å²) >= 11 is 0. The number of nitrogens with one attached hydrogen (secondary N) is 1. The topological polar surface area (TPSA) is 106 Å². The fraction of sp³-hybridized carbons (Fsp3) is 0.500. The van der Waals surface area contributed by atoms with Gasteiger partial charge in [0.05, 0.1) is 43.4 Å². The predicted molar refractivity (Wildman–Crippen MR) is 113 cm³/mol. The van der Waals surface area contributed by atoms with Crippen LogP contribution in [0.25, 0.3) is 0 Å². The molecule has 0 saturated carbocycles. The second kappa shape index (κ2) is 8.63. The molecule has 0 aliphatic carbocycles. The van der Waals surface area contributed by atoms with Gasteiger partial charge in [-0.15, -0.1) is 0 Å². The third-order valence-corrected chi connectivity index (χ3v) is 7.88. The van der Waals surface area contributed by atoms with Gasteiger partial charge in [-0.3, -0.25) is 4.68 Å². The molecule has 1 N–H and O–H groups in total. The lowest BCUT2D eigenvalue weighted by Crippen LogP contribution is -2.64. The van der Waals surface area contributed by atoms with Crippen LogP contribution in [0.4, 0.5) is 19.3 Å². The van der Waals surface area contributed by atoms with Crippen molar-refractivity contribution in [1.82, 2.24) is 19.0 Å². The second-order valence-electron chi connectivity index (χ2n) is 8.05. The Morgan fingerprint density at radius 3 is 2.48 bits per heavy atom. The molecule has 33 heavy (non-hydrogen) atoms. The maximum atomic E-state index is 13.9. The molecule has 10 nitrogen and oxygen atoms in total. The molecule has 2 amide bonds. The highest BCUT2D eigenvalue weighted by Crippen LogP contribution is 2.30. The molecular weight excluding hydrogens is 460 g/mol. The summed E-state index contributed by atoms with van der Waals surface area (Å²) in [5, 5.41) is 6.60. The number of nitrogens with zero attached hydrogens (tertiary/aromatic N) is 4. The highest BCUT2D eigenvalue weighted by atomic mass is 32.2. The van der Waals surface area contributed by atoms with Crippen molar-refractivity contribution in [1.29, 1.82) is 0 Å². The summed E-state index contributed by atoms with van der Waals surface area (Å²) in [5.74, 6) is -3.03. The maximum Gasteiger partial charge on any atom is 0.322 e. The number of carbonyl (C=O) groups excluding carboxylic acids is 1. The summed E-state index contributed by atoms with van der Waals surface area (Å²) in [6, 6.07) is 2.20. The number of urea groups is 1. The van der Waals surface area contributed by atoms with Crippen LogP contribution in [0.1, 0.15) is 11.4 Å². The van der Waals surface area contributed by atoms with Crippen LogP contribution in [0.3, 0.4) is 0 Å². The van der Waals surface area contributed by atoms with Gasteiger partial charge >= 0.3 is 6.03 Å². The third kappa shape index (κ3) is 4.45. The Kier molecular flexibility index (Phi) is 6.16. The molecule has 4 rings (SSSR count). The molecular formula is C20H25F2N5O5S. The number of aryl methyl sites for hydroxylation is 2. The summed E-state index contributed by atoms with van der Waals surface area (Å²) in [7, 11) is -2.21. The van der Waals surface area contributed by atoms with Crippen LogP contribution >= 0.6 is 0 Å². The molecule has 0 bridgehead atoms. The first-order chi connectivity index (χ1) is 15.5. The highest BCUT2D eigenvalue weighted by molar-refractivity contribution is 7.89. The van der Waals surface area contributed by atoms with Gasteiger partial charge in [0, 0.05) is 26.2 Å². The summed E-state index contributed by atoms with van der Waals surface area (Å²) < 4.78 is 68.2. The van der Waals surface area contributed by atoms with Gasteiger partial charge in [0.15, 0.2) is 5.79 Å². The van der Waals surface area contributed by atoms with Crippen molar-refractivity contribution in [3.8, 4) is 0 Å². The number of morpholine rings is 2. The van der Waals surface area contributed by atoms with Crippen molar-refractivity contribution < 1.29 is 31.5 Å². The van der Waals surface area contributed by atoms with E-state index in [4.69, 9.17) is 9.47 Å². The number of amides is 2. The number of anilines is 1. The molecule has 13 heteroatoms. The molecule has 1 aromatic carbocycles. The molecule has 1 atom stereocenters. The number of rotatable bonds is 3. The Morgan fingerprint density at radius 2 is 1.85 bits per heavy atom. The molecule has 2 aliphatic rings. The van der Waals surface area contributed by atoms with Crippen molar-refractivity contribution in [2.24, 2.45) is 7.05 Å². The smallest absolute Gasteiger partial charge is 0.322 e. The summed E-state index contributed by atoms with van der Waals surface area (Å²) in [4.78, 5) is 14.2. The molecule has 0 radical (unpaired) electrons. The van der Waals surface area contributed by atoms with E-state index in [2.05, 4.69) is 10.4 Å². The number of hydrogen-bond acceptors (Lipinski definition) is 6. The van der Waals surface area contributed by atoms with E-state index in [1.54, 1.807) is 20.9 Å². The largest absolute Gasteiger partial charge is 0.346 e. The van der Waals surface area contributed by atoms with Crippen molar-refractivity contribution in [3.63, 3.8) is 0 Å². The zero-order valence-corrected chi connectivity index (χ0v) is 19.3. The quantitative estimate of drug-likeness (QED) is 0.708. The van der Waals surface area contributed by atoms with Gasteiger partial charge in [-0.05, 0) is 26.0 Å². The summed E-state index contributed by atoms with van der Waals surface area (Å²) in [6.45, 7) is 3.59. The molecule has 1 aromatic heterocycles. The van der Waals surface area contributed by atoms with Gasteiger partial charge in [-0.25, -0.2) is 22.0 Å². The SMILES string of the molecule is Cc1nn(C)c(C)c1S(=O)(=O)N1CCOC2(CN(C(=O)Nc3ccc(F)cc3F)CCO2)C1.